The van der Waals surface area contributed by atoms with Crippen LogP contribution in [-0.2, 0) is 22.7 Å². The van der Waals surface area contributed by atoms with Crippen LogP contribution in [0.15, 0.2) is 52.6 Å². The highest BCUT2D eigenvalue weighted by molar-refractivity contribution is 7.09. The number of rotatable bonds is 6. The first-order valence-electron chi connectivity index (χ1n) is 8.34. The Hall–Kier alpha value is -2.87. The Kier molecular flexibility index (Phi) is 4.57. The van der Waals surface area contributed by atoms with Crippen molar-refractivity contribution >= 4 is 29.0 Å². The average molecular weight is 370 g/mol. The maximum Gasteiger partial charge on any atom is 0.230 e. The van der Waals surface area contributed by atoms with E-state index in [2.05, 4.69) is 10.4 Å². The summed E-state index contributed by atoms with van der Waals surface area (Å²) in [7, 11) is 0. The molecule has 2 amide bonds. The number of hydrogen-bond acceptors (Lipinski definition) is 5. The van der Waals surface area contributed by atoms with Crippen molar-refractivity contribution < 1.29 is 14.0 Å². The second-order valence-electron chi connectivity index (χ2n) is 6.20. The minimum atomic E-state index is -0.373. The van der Waals surface area contributed by atoms with Crippen LogP contribution in [0.25, 0.3) is 0 Å². The molecule has 1 atom stereocenters. The van der Waals surface area contributed by atoms with Crippen molar-refractivity contribution in [3.05, 3.63) is 58.8 Å². The van der Waals surface area contributed by atoms with Crippen molar-refractivity contribution in [2.45, 2.75) is 19.5 Å². The predicted molar refractivity (Wildman–Crippen MR) is 96.5 cm³/mol. The molecule has 0 radical (unpaired) electrons. The summed E-state index contributed by atoms with van der Waals surface area (Å²) < 4.78 is 7.04. The van der Waals surface area contributed by atoms with Crippen LogP contribution in [0, 0.1) is 5.92 Å². The van der Waals surface area contributed by atoms with Gasteiger partial charge in [0.25, 0.3) is 0 Å². The number of hydrogen-bond donors (Lipinski definition) is 1. The highest BCUT2D eigenvalue weighted by Gasteiger charge is 2.35. The van der Waals surface area contributed by atoms with Gasteiger partial charge in [-0.05, 0) is 23.6 Å². The van der Waals surface area contributed by atoms with Crippen LogP contribution < -0.4 is 5.32 Å². The zero-order valence-electron chi connectivity index (χ0n) is 14.0. The largest absolute Gasteiger partial charge is 0.467 e. The Labute approximate surface area is 154 Å². The molecule has 1 aliphatic heterocycles. The molecule has 1 N–H and O–H groups in total. The molecule has 1 saturated heterocycles. The topological polar surface area (TPSA) is 80.4 Å². The number of carbonyl (C=O) groups excluding carboxylic acids is 2. The van der Waals surface area contributed by atoms with Crippen LogP contribution in [0.2, 0.25) is 0 Å². The van der Waals surface area contributed by atoms with Crippen LogP contribution in [0.5, 0.6) is 0 Å². The van der Waals surface area contributed by atoms with Crippen molar-refractivity contribution in [1.29, 1.82) is 0 Å². The minimum Gasteiger partial charge on any atom is -0.467 e. The molecule has 3 aromatic heterocycles. The Morgan fingerprint density at radius 2 is 2.23 bits per heavy atom. The van der Waals surface area contributed by atoms with Crippen LogP contribution in [0.4, 0.5) is 5.82 Å². The van der Waals surface area contributed by atoms with Gasteiger partial charge in [-0.1, -0.05) is 6.07 Å². The normalized spacial score (nSPS) is 17.0. The van der Waals surface area contributed by atoms with E-state index in [-0.39, 0.29) is 24.2 Å². The third kappa shape index (κ3) is 3.55. The molecule has 7 nitrogen and oxygen atoms in total. The van der Waals surface area contributed by atoms with E-state index in [1.165, 1.54) is 0 Å². The Morgan fingerprint density at radius 3 is 3.00 bits per heavy atom. The molecule has 1 fully saturated rings. The number of nitrogens with one attached hydrogen (secondary N) is 1. The fourth-order valence-corrected chi connectivity index (χ4v) is 3.72. The molecule has 0 aromatic carbocycles. The summed E-state index contributed by atoms with van der Waals surface area (Å²) >= 11 is 1.64. The third-order valence-corrected chi connectivity index (χ3v) is 5.23. The standard InChI is InChI=1S/C18H18N4O3S/c23-17-9-13(10-21(17)11-14-3-1-7-25-14)18(24)20-16-5-6-19-22(16)12-15-4-2-8-26-15/h1-8,13H,9-12H2,(H,20,24)/t13-/m1/s1. The van der Waals surface area contributed by atoms with Gasteiger partial charge in [0, 0.05) is 23.9 Å². The number of aromatic nitrogens is 2. The van der Waals surface area contributed by atoms with Gasteiger partial charge >= 0.3 is 0 Å². The molecule has 0 saturated carbocycles. The van der Waals surface area contributed by atoms with Crippen LogP contribution in [0.3, 0.4) is 0 Å². The number of thiophene rings is 1. The summed E-state index contributed by atoms with van der Waals surface area (Å²) in [5.74, 6) is 0.790. The number of furan rings is 1. The van der Waals surface area contributed by atoms with E-state index in [9.17, 15) is 9.59 Å². The van der Waals surface area contributed by atoms with Crippen molar-refractivity contribution in [3.8, 4) is 0 Å². The fourth-order valence-electron chi connectivity index (χ4n) is 3.03. The summed E-state index contributed by atoms with van der Waals surface area (Å²) in [5.41, 5.74) is 0. The van der Waals surface area contributed by atoms with E-state index < -0.39 is 0 Å². The van der Waals surface area contributed by atoms with E-state index in [0.717, 1.165) is 4.88 Å². The SMILES string of the molecule is O=C(Nc1ccnn1Cc1cccs1)[C@@H]1CC(=O)N(Cc2ccco2)C1. The number of likely N-dealkylation sites (tertiary alicyclic amines) is 1. The summed E-state index contributed by atoms with van der Waals surface area (Å²) in [6, 6.07) is 9.39. The molecule has 4 heterocycles. The maximum absolute atomic E-state index is 12.6. The third-order valence-electron chi connectivity index (χ3n) is 4.37. The second-order valence-corrected chi connectivity index (χ2v) is 7.23. The summed E-state index contributed by atoms with van der Waals surface area (Å²) in [6.07, 6.45) is 3.45. The Morgan fingerprint density at radius 1 is 1.31 bits per heavy atom. The summed E-state index contributed by atoms with van der Waals surface area (Å²) in [4.78, 5) is 27.6. The molecule has 3 aromatic rings. The van der Waals surface area contributed by atoms with E-state index >= 15 is 0 Å². The summed E-state index contributed by atoms with van der Waals surface area (Å²) in [5, 5.41) is 9.19. The number of nitrogens with zero attached hydrogens (tertiary/aromatic N) is 3. The Bertz CT molecular complexity index is 886. The lowest BCUT2D eigenvalue weighted by Crippen LogP contribution is -2.28. The molecule has 0 unspecified atom stereocenters. The monoisotopic (exact) mass is 370 g/mol. The molecule has 0 bridgehead atoms. The quantitative estimate of drug-likeness (QED) is 0.723. The molecule has 134 valence electrons. The first-order chi connectivity index (χ1) is 12.7. The predicted octanol–water partition coefficient (Wildman–Crippen LogP) is 2.57. The minimum absolute atomic E-state index is 0.0337. The number of amides is 2. The van der Waals surface area contributed by atoms with Gasteiger partial charge < -0.3 is 14.6 Å². The highest BCUT2D eigenvalue weighted by atomic mass is 32.1. The lowest BCUT2D eigenvalue weighted by atomic mass is 10.1. The smallest absolute Gasteiger partial charge is 0.230 e. The van der Waals surface area contributed by atoms with Gasteiger partial charge in [-0.3, -0.25) is 9.59 Å². The number of anilines is 1. The zero-order chi connectivity index (χ0) is 17.9. The van der Waals surface area contributed by atoms with E-state index in [1.807, 2.05) is 23.6 Å². The molecule has 26 heavy (non-hydrogen) atoms. The molecule has 1 aliphatic rings. The van der Waals surface area contributed by atoms with Crippen molar-refractivity contribution in [2.24, 2.45) is 5.92 Å². The van der Waals surface area contributed by atoms with E-state index in [0.29, 0.717) is 31.2 Å². The van der Waals surface area contributed by atoms with Gasteiger partial charge in [0.1, 0.15) is 11.6 Å². The lowest BCUT2D eigenvalue weighted by molar-refractivity contribution is -0.128. The lowest BCUT2D eigenvalue weighted by Gasteiger charge is -2.15. The van der Waals surface area contributed by atoms with Crippen LogP contribution in [0.1, 0.15) is 17.1 Å². The molecular formula is C18H18N4O3S. The highest BCUT2D eigenvalue weighted by Crippen LogP contribution is 2.22. The van der Waals surface area contributed by atoms with Gasteiger partial charge in [-0.25, -0.2) is 4.68 Å². The van der Waals surface area contributed by atoms with E-state index in [4.69, 9.17) is 4.42 Å². The van der Waals surface area contributed by atoms with Crippen LogP contribution in [-0.4, -0.2) is 33.0 Å². The maximum atomic E-state index is 12.6. The second kappa shape index (κ2) is 7.17. The van der Waals surface area contributed by atoms with Crippen LogP contribution >= 0.6 is 11.3 Å². The van der Waals surface area contributed by atoms with Crippen molar-refractivity contribution in [2.75, 3.05) is 11.9 Å². The number of carbonyl (C=O) groups is 2. The van der Waals surface area contributed by atoms with Gasteiger partial charge in [-0.15, -0.1) is 11.3 Å². The van der Waals surface area contributed by atoms with E-state index in [1.54, 1.807) is 45.5 Å². The molecule has 8 heteroatoms. The zero-order valence-corrected chi connectivity index (χ0v) is 14.8. The molecule has 4 rings (SSSR count). The Balaban J connectivity index is 1.38. The van der Waals surface area contributed by atoms with Gasteiger partial charge in [-0.2, -0.15) is 5.10 Å². The van der Waals surface area contributed by atoms with Gasteiger partial charge in [0.15, 0.2) is 0 Å². The molecule has 0 aliphatic carbocycles. The molecular weight excluding hydrogens is 352 g/mol. The van der Waals surface area contributed by atoms with Gasteiger partial charge in [0.05, 0.1) is 31.5 Å². The first kappa shape index (κ1) is 16.6. The molecule has 0 spiro atoms. The van der Waals surface area contributed by atoms with Crippen molar-refractivity contribution in [1.82, 2.24) is 14.7 Å². The van der Waals surface area contributed by atoms with Gasteiger partial charge in [0.2, 0.25) is 11.8 Å². The average Bonchev–Trinajstić information content (AvgIpc) is 3.39. The fraction of sp³-hybridized carbons (Fsp3) is 0.278. The van der Waals surface area contributed by atoms with Crippen molar-refractivity contribution in [3.63, 3.8) is 0 Å². The summed E-state index contributed by atoms with van der Waals surface area (Å²) in [6.45, 7) is 1.39. The first-order valence-corrected chi connectivity index (χ1v) is 9.22.